The first-order valence-corrected chi connectivity index (χ1v) is 9.22. The zero-order valence-corrected chi connectivity index (χ0v) is 16.3. The van der Waals surface area contributed by atoms with Gasteiger partial charge in [0, 0.05) is 48.8 Å². The molecule has 0 saturated heterocycles. The van der Waals surface area contributed by atoms with Gasteiger partial charge in [-0.1, -0.05) is 12.6 Å². The molecule has 4 aromatic rings. The van der Waals surface area contributed by atoms with E-state index in [1.165, 1.54) is 6.08 Å². The molecule has 3 aromatic heterocycles. The SMILES string of the molecule is C=CC(=O)Nc1ccc2c(-c3ccnc(Nc4cnn(CC)c4)n3)cn(C)c2c1. The number of anilines is 3. The minimum Gasteiger partial charge on any atom is -0.350 e. The molecule has 1 aromatic carbocycles. The number of fused-ring (bicyclic) bond motifs is 1. The van der Waals surface area contributed by atoms with E-state index in [2.05, 4.69) is 32.3 Å². The Bertz CT molecular complexity index is 1200. The molecule has 0 saturated carbocycles. The summed E-state index contributed by atoms with van der Waals surface area (Å²) in [5, 5.41) is 11.3. The fourth-order valence-corrected chi connectivity index (χ4v) is 3.16. The Morgan fingerprint density at radius 3 is 2.86 bits per heavy atom. The summed E-state index contributed by atoms with van der Waals surface area (Å²) >= 11 is 0. The molecule has 1 amide bonds. The Hall–Kier alpha value is -3.94. The van der Waals surface area contributed by atoms with Crippen molar-refractivity contribution in [2.24, 2.45) is 7.05 Å². The van der Waals surface area contributed by atoms with E-state index in [0.717, 1.165) is 34.4 Å². The van der Waals surface area contributed by atoms with Gasteiger partial charge in [0.1, 0.15) is 0 Å². The van der Waals surface area contributed by atoms with Gasteiger partial charge in [0.2, 0.25) is 11.9 Å². The van der Waals surface area contributed by atoms with Crippen LogP contribution in [0.5, 0.6) is 0 Å². The van der Waals surface area contributed by atoms with Crippen molar-refractivity contribution >= 4 is 34.1 Å². The molecule has 8 heteroatoms. The lowest BCUT2D eigenvalue weighted by Crippen LogP contribution is -2.07. The third-order valence-corrected chi connectivity index (χ3v) is 4.59. The smallest absolute Gasteiger partial charge is 0.247 e. The van der Waals surface area contributed by atoms with Gasteiger partial charge < -0.3 is 15.2 Å². The Labute approximate surface area is 167 Å². The molecular formula is C21H21N7O. The minimum absolute atomic E-state index is 0.239. The molecule has 0 aliphatic heterocycles. The maximum absolute atomic E-state index is 11.6. The highest BCUT2D eigenvalue weighted by molar-refractivity contribution is 6.02. The summed E-state index contributed by atoms with van der Waals surface area (Å²) in [6.45, 7) is 6.31. The van der Waals surface area contributed by atoms with Gasteiger partial charge >= 0.3 is 0 Å². The molecule has 8 nitrogen and oxygen atoms in total. The van der Waals surface area contributed by atoms with Crippen molar-refractivity contribution in [3.05, 3.63) is 61.7 Å². The van der Waals surface area contributed by atoms with Gasteiger partial charge in [-0.05, 0) is 31.2 Å². The monoisotopic (exact) mass is 387 g/mol. The average molecular weight is 387 g/mol. The third-order valence-electron chi connectivity index (χ3n) is 4.59. The zero-order chi connectivity index (χ0) is 20.4. The quantitative estimate of drug-likeness (QED) is 0.492. The molecule has 146 valence electrons. The number of benzene rings is 1. The van der Waals surface area contributed by atoms with E-state index >= 15 is 0 Å². The normalized spacial score (nSPS) is 10.8. The van der Waals surface area contributed by atoms with Gasteiger partial charge in [-0.3, -0.25) is 9.48 Å². The second-order valence-electron chi connectivity index (χ2n) is 6.55. The van der Waals surface area contributed by atoms with Crippen LogP contribution in [0, 0.1) is 0 Å². The van der Waals surface area contributed by atoms with E-state index in [1.807, 2.05) is 59.9 Å². The van der Waals surface area contributed by atoms with Crippen molar-refractivity contribution in [2.75, 3.05) is 10.6 Å². The Morgan fingerprint density at radius 1 is 1.24 bits per heavy atom. The van der Waals surface area contributed by atoms with Crippen molar-refractivity contribution in [2.45, 2.75) is 13.5 Å². The van der Waals surface area contributed by atoms with Crippen LogP contribution in [0.25, 0.3) is 22.2 Å². The van der Waals surface area contributed by atoms with Crippen molar-refractivity contribution in [1.82, 2.24) is 24.3 Å². The molecule has 0 radical (unpaired) electrons. The number of carbonyl (C=O) groups excluding carboxylic acids is 1. The molecule has 0 aliphatic carbocycles. The first-order chi connectivity index (χ1) is 14.1. The summed E-state index contributed by atoms with van der Waals surface area (Å²) < 4.78 is 3.84. The lowest BCUT2D eigenvalue weighted by molar-refractivity contribution is -0.111. The fourth-order valence-electron chi connectivity index (χ4n) is 3.16. The lowest BCUT2D eigenvalue weighted by atomic mass is 10.1. The van der Waals surface area contributed by atoms with E-state index in [1.54, 1.807) is 12.4 Å². The number of nitrogens with one attached hydrogen (secondary N) is 2. The molecule has 0 spiro atoms. The topological polar surface area (TPSA) is 89.7 Å². The van der Waals surface area contributed by atoms with Crippen LogP contribution in [0.1, 0.15) is 6.92 Å². The standard InChI is InChI=1S/C21H21N7O/c1-4-20(29)24-14-6-7-16-17(13-27(3)19(16)10-14)18-8-9-22-21(26-18)25-15-11-23-28(5-2)12-15/h4,6-13H,1,5H2,2-3H3,(H,24,29)(H,22,25,26). The van der Waals surface area contributed by atoms with Gasteiger partial charge in [-0.25, -0.2) is 9.97 Å². The highest BCUT2D eigenvalue weighted by Crippen LogP contribution is 2.31. The predicted molar refractivity (Wildman–Crippen MR) is 114 cm³/mol. The predicted octanol–water partition coefficient (Wildman–Crippen LogP) is 3.72. The Morgan fingerprint density at radius 2 is 2.10 bits per heavy atom. The number of aryl methyl sites for hydroxylation is 2. The molecule has 4 rings (SSSR count). The second kappa shape index (κ2) is 7.59. The number of hydrogen-bond acceptors (Lipinski definition) is 5. The van der Waals surface area contributed by atoms with Crippen LogP contribution in [-0.2, 0) is 18.4 Å². The maximum Gasteiger partial charge on any atom is 0.247 e. The summed E-state index contributed by atoms with van der Waals surface area (Å²) in [5.74, 6) is 0.265. The molecule has 3 heterocycles. The molecule has 29 heavy (non-hydrogen) atoms. The van der Waals surface area contributed by atoms with Crippen LogP contribution in [0.3, 0.4) is 0 Å². The van der Waals surface area contributed by atoms with Crippen molar-refractivity contribution in [3.63, 3.8) is 0 Å². The van der Waals surface area contributed by atoms with Crippen LogP contribution in [-0.4, -0.2) is 30.2 Å². The molecule has 0 unspecified atom stereocenters. The highest BCUT2D eigenvalue weighted by atomic mass is 16.1. The molecule has 0 fully saturated rings. The summed E-state index contributed by atoms with van der Waals surface area (Å²) in [6.07, 6.45) is 8.65. The molecule has 0 aliphatic rings. The number of nitrogens with zero attached hydrogens (tertiary/aromatic N) is 5. The van der Waals surface area contributed by atoms with Crippen molar-refractivity contribution < 1.29 is 4.79 Å². The molecular weight excluding hydrogens is 366 g/mol. The average Bonchev–Trinajstić information content (AvgIpc) is 3.32. The van der Waals surface area contributed by atoms with E-state index in [-0.39, 0.29) is 5.91 Å². The Kier molecular flexibility index (Phi) is 4.82. The van der Waals surface area contributed by atoms with Crippen molar-refractivity contribution in [1.29, 1.82) is 0 Å². The van der Waals surface area contributed by atoms with Gasteiger partial charge in [-0.2, -0.15) is 5.10 Å². The van der Waals surface area contributed by atoms with E-state index < -0.39 is 0 Å². The second-order valence-corrected chi connectivity index (χ2v) is 6.55. The van der Waals surface area contributed by atoms with E-state index in [4.69, 9.17) is 0 Å². The number of hydrogen-bond donors (Lipinski definition) is 2. The first kappa shape index (κ1) is 18.4. The fraction of sp³-hybridized carbons (Fsp3) is 0.143. The number of amides is 1. The third kappa shape index (κ3) is 3.73. The van der Waals surface area contributed by atoms with Crippen LogP contribution < -0.4 is 10.6 Å². The number of rotatable bonds is 6. The zero-order valence-electron chi connectivity index (χ0n) is 16.3. The Balaban J connectivity index is 1.67. The van der Waals surface area contributed by atoms with E-state index in [0.29, 0.717) is 11.6 Å². The number of aromatic nitrogens is 5. The van der Waals surface area contributed by atoms with Crippen LogP contribution in [0.15, 0.2) is 61.7 Å². The summed E-state index contributed by atoms with van der Waals surface area (Å²) in [4.78, 5) is 20.6. The van der Waals surface area contributed by atoms with Crippen LogP contribution >= 0.6 is 0 Å². The maximum atomic E-state index is 11.6. The van der Waals surface area contributed by atoms with Crippen LogP contribution in [0.2, 0.25) is 0 Å². The van der Waals surface area contributed by atoms with Gasteiger partial charge in [0.05, 0.1) is 23.1 Å². The first-order valence-electron chi connectivity index (χ1n) is 9.22. The van der Waals surface area contributed by atoms with Crippen LogP contribution in [0.4, 0.5) is 17.3 Å². The lowest BCUT2D eigenvalue weighted by Gasteiger charge is -2.05. The van der Waals surface area contributed by atoms with Gasteiger partial charge in [0.15, 0.2) is 0 Å². The van der Waals surface area contributed by atoms with Gasteiger partial charge in [0.25, 0.3) is 0 Å². The molecule has 0 atom stereocenters. The summed E-state index contributed by atoms with van der Waals surface area (Å²) in [6, 6.07) is 7.65. The minimum atomic E-state index is -0.239. The highest BCUT2D eigenvalue weighted by Gasteiger charge is 2.12. The van der Waals surface area contributed by atoms with E-state index in [9.17, 15) is 4.79 Å². The molecule has 0 bridgehead atoms. The van der Waals surface area contributed by atoms with Gasteiger partial charge in [-0.15, -0.1) is 0 Å². The number of carbonyl (C=O) groups is 1. The molecule has 2 N–H and O–H groups in total. The largest absolute Gasteiger partial charge is 0.350 e. The summed E-state index contributed by atoms with van der Waals surface area (Å²) in [5.41, 5.74) is 4.33. The summed E-state index contributed by atoms with van der Waals surface area (Å²) in [7, 11) is 1.96. The van der Waals surface area contributed by atoms with Crippen molar-refractivity contribution in [3.8, 4) is 11.3 Å².